The second-order valence-corrected chi connectivity index (χ2v) is 8.61. The fraction of sp³-hybridized carbons (Fsp3) is 0.483. The minimum atomic E-state index is -0.442. The van der Waals surface area contributed by atoms with E-state index in [4.69, 9.17) is 23.4 Å². The van der Waals surface area contributed by atoms with E-state index in [-0.39, 0.29) is 34.8 Å². The van der Waals surface area contributed by atoms with Crippen molar-refractivity contribution in [3.05, 3.63) is 40.6 Å². The van der Waals surface area contributed by atoms with Gasteiger partial charge in [-0.2, -0.15) is 0 Å². The molecule has 7 nitrogen and oxygen atoms in total. The minimum Gasteiger partial charge on any atom is -0.507 e. The van der Waals surface area contributed by atoms with Crippen LogP contribution in [-0.4, -0.2) is 31.5 Å². The van der Waals surface area contributed by atoms with Crippen LogP contribution in [0.15, 0.2) is 39.5 Å². The lowest BCUT2D eigenvalue weighted by Gasteiger charge is -2.16. The molecule has 0 aliphatic carbocycles. The first-order valence-electron chi connectivity index (χ1n) is 13.0. The lowest BCUT2D eigenvalue weighted by molar-refractivity contribution is 0.262. The maximum absolute atomic E-state index is 13.4. The molecule has 0 bridgehead atoms. The van der Waals surface area contributed by atoms with Crippen LogP contribution in [0.2, 0.25) is 0 Å². The molecule has 0 fully saturated rings. The van der Waals surface area contributed by atoms with E-state index >= 15 is 0 Å². The molecule has 0 unspecified atom stereocenters. The molecule has 7 heteroatoms. The average Bonchev–Trinajstić information content (AvgIpc) is 2.86. The van der Waals surface area contributed by atoms with Gasteiger partial charge in [0.05, 0.1) is 26.4 Å². The molecule has 3 rings (SSSR count). The van der Waals surface area contributed by atoms with Crippen LogP contribution in [0.3, 0.4) is 0 Å². The van der Waals surface area contributed by atoms with E-state index in [0.29, 0.717) is 42.6 Å². The third-order valence-corrected chi connectivity index (χ3v) is 5.68. The normalized spacial score (nSPS) is 11.0. The van der Waals surface area contributed by atoms with Crippen LogP contribution < -0.4 is 24.4 Å². The first kappa shape index (κ1) is 27.2. The first-order chi connectivity index (χ1) is 17.5. The molecular formula is C29H38O7. The van der Waals surface area contributed by atoms with Crippen LogP contribution in [0, 0.1) is 0 Å². The highest BCUT2D eigenvalue weighted by Gasteiger charge is 2.22. The highest BCUT2D eigenvalue weighted by molar-refractivity contribution is 5.88. The second kappa shape index (κ2) is 13.7. The average molecular weight is 499 g/mol. The molecule has 2 aromatic carbocycles. The molecule has 0 aliphatic heterocycles. The van der Waals surface area contributed by atoms with Gasteiger partial charge in [0.15, 0.2) is 17.3 Å². The van der Waals surface area contributed by atoms with Gasteiger partial charge in [-0.1, -0.05) is 40.0 Å². The van der Waals surface area contributed by atoms with Crippen LogP contribution in [-0.2, 0) is 0 Å². The lowest BCUT2D eigenvalue weighted by Crippen LogP contribution is -2.10. The number of phenols is 1. The molecule has 1 N–H and O–H groups in total. The molecule has 0 spiro atoms. The van der Waals surface area contributed by atoms with Crippen LogP contribution in [0.1, 0.15) is 66.2 Å². The predicted octanol–water partition coefficient (Wildman–Crippen LogP) is 7.10. The fourth-order valence-electron chi connectivity index (χ4n) is 3.68. The Kier molecular flexibility index (Phi) is 10.3. The molecule has 0 atom stereocenters. The third kappa shape index (κ3) is 6.65. The number of aromatic hydroxyl groups is 1. The number of ether oxygens (including phenoxy) is 4. The summed E-state index contributed by atoms with van der Waals surface area (Å²) in [5.41, 5.74) is 0.396. The quantitative estimate of drug-likeness (QED) is 0.224. The van der Waals surface area contributed by atoms with Gasteiger partial charge in [0.2, 0.25) is 11.2 Å². The van der Waals surface area contributed by atoms with Crippen molar-refractivity contribution in [3.63, 3.8) is 0 Å². The second-order valence-electron chi connectivity index (χ2n) is 8.61. The zero-order chi connectivity index (χ0) is 25.9. The summed E-state index contributed by atoms with van der Waals surface area (Å²) in [5.74, 6) is 1.77. The van der Waals surface area contributed by atoms with Crippen molar-refractivity contribution in [3.8, 4) is 40.1 Å². The smallest absolute Gasteiger partial charge is 0.239 e. The monoisotopic (exact) mass is 498 g/mol. The highest BCUT2D eigenvalue weighted by atomic mass is 16.5. The SMILES string of the molecule is CCCCOc1cc(O)c2c(=O)c(OCC)c(-c3ccc(OCCCC)c(OCCCC)c3)oc2c1. The molecule has 36 heavy (non-hydrogen) atoms. The van der Waals surface area contributed by atoms with E-state index in [0.717, 1.165) is 38.5 Å². The van der Waals surface area contributed by atoms with Gasteiger partial charge in [0, 0.05) is 17.7 Å². The van der Waals surface area contributed by atoms with E-state index in [1.54, 1.807) is 13.0 Å². The van der Waals surface area contributed by atoms with Gasteiger partial charge >= 0.3 is 0 Å². The summed E-state index contributed by atoms with van der Waals surface area (Å²) in [6.07, 6.45) is 5.75. The van der Waals surface area contributed by atoms with Crippen molar-refractivity contribution < 1.29 is 28.5 Å². The van der Waals surface area contributed by atoms with Gasteiger partial charge in [0.25, 0.3) is 0 Å². The van der Waals surface area contributed by atoms with Gasteiger partial charge in [0.1, 0.15) is 22.5 Å². The molecule has 0 aliphatic rings. The van der Waals surface area contributed by atoms with Crippen molar-refractivity contribution >= 4 is 11.0 Å². The summed E-state index contributed by atoms with van der Waals surface area (Å²) in [4.78, 5) is 13.4. The Bertz CT molecular complexity index is 1180. The molecule has 0 saturated heterocycles. The van der Waals surface area contributed by atoms with Crippen molar-refractivity contribution in [1.82, 2.24) is 0 Å². The summed E-state index contributed by atoms with van der Waals surface area (Å²) < 4.78 is 29.7. The Morgan fingerprint density at radius 3 is 2.06 bits per heavy atom. The highest BCUT2D eigenvalue weighted by Crippen LogP contribution is 2.39. The molecule has 1 aromatic heterocycles. The molecular weight excluding hydrogens is 460 g/mol. The van der Waals surface area contributed by atoms with E-state index in [1.807, 2.05) is 18.2 Å². The Balaban J connectivity index is 2.11. The zero-order valence-corrected chi connectivity index (χ0v) is 21.9. The summed E-state index contributed by atoms with van der Waals surface area (Å²) in [6.45, 7) is 10.00. The third-order valence-electron chi connectivity index (χ3n) is 5.68. The summed E-state index contributed by atoms with van der Waals surface area (Å²) in [6, 6.07) is 8.53. The first-order valence-corrected chi connectivity index (χ1v) is 13.0. The molecule has 3 aromatic rings. The predicted molar refractivity (Wildman–Crippen MR) is 142 cm³/mol. The number of unbranched alkanes of at least 4 members (excludes halogenated alkanes) is 3. The number of benzene rings is 2. The van der Waals surface area contributed by atoms with Crippen molar-refractivity contribution in [2.24, 2.45) is 0 Å². The summed E-state index contributed by atoms with van der Waals surface area (Å²) in [5, 5.41) is 10.7. The fourth-order valence-corrected chi connectivity index (χ4v) is 3.68. The number of hydrogen-bond donors (Lipinski definition) is 1. The molecule has 0 amide bonds. The standard InChI is InChI=1S/C29H38O7/c1-5-9-14-33-21-18-22(30)26-25(19-21)36-28(29(27(26)31)32-8-4)20-12-13-23(34-15-10-6-2)24(17-20)35-16-11-7-3/h12-13,17-19,30H,5-11,14-16H2,1-4H3. The minimum absolute atomic E-state index is 0.0408. The van der Waals surface area contributed by atoms with Gasteiger partial charge in [-0.05, 0) is 44.4 Å². The van der Waals surface area contributed by atoms with Crippen molar-refractivity contribution in [2.45, 2.75) is 66.2 Å². The van der Waals surface area contributed by atoms with Gasteiger partial charge < -0.3 is 28.5 Å². The van der Waals surface area contributed by atoms with E-state index in [9.17, 15) is 9.90 Å². The summed E-state index contributed by atoms with van der Waals surface area (Å²) in [7, 11) is 0. The van der Waals surface area contributed by atoms with E-state index in [2.05, 4.69) is 20.8 Å². The Morgan fingerprint density at radius 1 is 0.778 bits per heavy atom. The Hall–Kier alpha value is -3.35. The van der Waals surface area contributed by atoms with Crippen LogP contribution >= 0.6 is 0 Å². The van der Waals surface area contributed by atoms with Crippen LogP contribution in [0.25, 0.3) is 22.3 Å². The maximum Gasteiger partial charge on any atom is 0.239 e. The molecule has 0 saturated carbocycles. The maximum atomic E-state index is 13.4. The van der Waals surface area contributed by atoms with Crippen molar-refractivity contribution in [2.75, 3.05) is 26.4 Å². The van der Waals surface area contributed by atoms with Gasteiger partial charge in [-0.25, -0.2) is 0 Å². The van der Waals surface area contributed by atoms with E-state index < -0.39 is 5.43 Å². The van der Waals surface area contributed by atoms with Crippen LogP contribution in [0.5, 0.6) is 28.7 Å². The lowest BCUT2D eigenvalue weighted by atomic mass is 10.1. The van der Waals surface area contributed by atoms with Gasteiger partial charge in [-0.15, -0.1) is 0 Å². The molecule has 196 valence electrons. The topological polar surface area (TPSA) is 87.4 Å². The number of fused-ring (bicyclic) bond motifs is 1. The Morgan fingerprint density at radius 2 is 1.42 bits per heavy atom. The number of hydrogen-bond acceptors (Lipinski definition) is 7. The summed E-state index contributed by atoms with van der Waals surface area (Å²) >= 11 is 0. The zero-order valence-electron chi connectivity index (χ0n) is 21.9. The number of rotatable bonds is 15. The largest absolute Gasteiger partial charge is 0.507 e. The van der Waals surface area contributed by atoms with Gasteiger partial charge in [-0.3, -0.25) is 4.79 Å². The number of phenolic OH excluding ortho intramolecular Hbond substituents is 1. The molecule has 1 heterocycles. The van der Waals surface area contributed by atoms with E-state index in [1.165, 1.54) is 6.07 Å². The van der Waals surface area contributed by atoms with Crippen LogP contribution in [0.4, 0.5) is 0 Å². The molecule has 0 radical (unpaired) electrons. The van der Waals surface area contributed by atoms with Crippen molar-refractivity contribution in [1.29, 1.82) is 0 Å². The Labute approximate surface area is 212 Å².